The van der Waals surface area contributed by atoms with E-state index in [1.807, 2.05) is 91.9 Å². The highest BCUT2D eigenvalue weighted by Gasteiger charge is 2.24. The predicted octanol–water partition coefficient (Wildman–Crippen LogP) is 6.73. The standard InChI is InChI=1S/C35H34N2O4/c1-3-4-18-36(35(40)29-16-15-27-12-8-9-13-28(27)20-29)23-33(38)37(21-26-10-6-5-7-11-26)22-30-24-41-32-17-14-25(2)19-31(32)34(30)39/h5-17,19-20,24H,3-4,18,21-23H2,1-2H3. The molecule has 208 valence electrons. The molecule has 0 saturated heterocycles. The van der Waals surface area contributed by atoms with E-state index in [1.165, 1.54) is 6.26 Å². The summed E-state index contributed by atoms with van der Waals surface area (Å²) in [6, 6.07) is 28.7. The number of rotatable bonds is 10. The van der Waals surface area contributed by atoms with Crippen molar-refractivity contribution in [3.8, 4) is 0 Å². The molecule has 0 aliphatic carbocycles. The lowest BCUT2D eigenvalue weighted by Crippen LogP contribution is -2.43. The molecule has 0 saturated carbocycles. The first-order chi connectivity index (χ1) is 19.9. The number of hydrogen-bond acceptors (Lipinski definition) is 4. The number of carbonyl (C=O) groups is 2. The van der Waals surface area contributed by atoms with Gasteiger partial charge in [0, 0.05) is 18.7 Å². The van der Waals surface area contributed by atoms with Crippen molar-refractivity contribution in [3.05, 3.63) is 130 Å². The summed E-state index contributed by atoms with van der Waals surface area (Å²) >= 11 is 0. The molecule has 41 heavy (non-hydrogen) atoms. The van der Waals surface area contributed by atoms with E-state index in [0.29, 0.717) is 35.2 Å². The molecule has 0 aliphatic rings. The van der Waals surface area contributed by atoms with E-state index >= 15 is 0 Å². The summed E-state index contributed by atoms with van der Waals surface area (Å²) in [5.74, 6) is -0.416. The van der Waals surface area contributed by atoms with Crippen molar-refractivity contribution in [2.45, 2.75) is 39.8 Å². The predicted molar refractivity (Wildman–Crippen MR) is 163 cm³/mol. The minimum atomic E-state index is -0.233. The second kappa shape index (κ2) is 12.6. The molecule has 1 aromatic heterocycles. The number of amides is 2. The summed E-state index contributed by atoms with van der Waals surface area (Å²) in [4.78, 5) is 44.2. The Bertz CT molecular complexity index is 1740. The van der Waals surface area contributed by atoms with Crippen LogP contribution in [0, 0.1) is 6.92 Å². The Morgan fingerprint density at radius 1 is 0.805 bits per heavy atom. The number of aryl methyl sites for hydroxylation is 1. The molecule has 0 N–H and O–H groups in total. The van der Waals surface area contributed by atoms with Gasteiger partial charge in [0.25, 0.3) is 5.91 Å². The lowest BCUT2D eigenvalue weighted by Gasteiger charge is -2.28. The average molecular weight is 547 g/mol. The van der Waals surface area contributed by atoms with Crippen LogP contribution in [0.15, 0.2) is 106 Å². The number of fused-ring (bicyclic) bond motifs is 2. The zero-order valence-corrected chi connectivity index (χ0v) is 23.5. The highest BCUT2D eigenvalue weighted by molar-refractivity contribution is 6.00. The van der Waals surface area contributed by atoms with Crippen LogP contribution in [0.3, 0.4) is 0 Å². The number of nitrogens with zero attached hydrogens (tertiary/aromatic N) is 2. The van der Waals surface area contributed by atoms with Gasteiger partial charge < -0.3 is 14.2 Å². The Labute approximate surface area is 239 Å². The molecule has 2 amide bonds. The van der Waals surface area contributed by atoms with E-state index in [9.17, 15) is 14.4 Å². The first-order valence-corrected chi connectivity index (χ1v) is 14.0. The maximum atomic E-state index is 13.9. The third kappa shape index (κ3) is 6.55. The highest BCUT2D eigenvalue weighted by Crippen LogP contribution is 2.19. The molecule has 5 aromatic rings. The van der Waals surface area contributed by atoms with Gasteiger partial charge in [0.15, 0.2) is 5.43 Å². The van der Waals surface area contributed by atoms with Crippen molar-refractivity contribution in [1.29, 1.82) is 0 Å². The van der Waals surface area contributed by atoms with Crippen LogP contribution in [0.2, 0.25) is 0 Å². The summed E-state index contributed by atoms with van der Waals surface area (Å²) in [5, 5.41) is 2.52. The monoisotopic (exact) mass is 546 g/mol. The molecule has 0 spiro atoms. The van der Waals surface area contributed by atoms with Gasteiger partial charge in [0.2, 0.25) is 5.91 Å². The molecule has 0 fully saturated rings. The summed E-state index contributed by atoms with van der Waals surface area (Å²) in [6.45, 7) is 4.74. The summed E-state index contributed by atoms with van der Waals surface area (Å²) < 4.78 is 5.77. The van der Waals surface area contributed by atoms with E-state index in [2.05, 4.69) is 6.92 Å². The van der Waals surface area contributed by atoms with E-state index in [1.54, 1.807) is 15.9 Å². The Balaban J connectivity index is 1.44. The van der Waals surface area contributed by atoms with Crippen molar-refractivity contribution >= 4 is 33.6 Å². The minimum Gasteiger partial charge on any atom is -0.464 e. The van der Waals surface area contributed by atoms with Crippen molar-refractivity contribution < 1.29 is 14.0 Å². The van der Waals surface area contributed by atoms with Crippen LogP contribution in [0.4, 0.5) is 0 Å². The number of carbonyl (C=O) groups excluding carboxylic acids is 2. The molecule has 0 unspecified atom stereocenters. The smallest absolute Gasteiger partial charge is 0.254 e. The van der Waals surface area contributed by atoms with Gasteiger partial charge in [0.05, 0.1) is 23.8 Å². The quantitative estimate of drug-likeness (QED) is 0.195. The van der Waals surface area contributed by atoms with Crippen LogP contribution >= 0.6 is 0 Å². The molecule has 0 bridgehead atoms. The molecule has 0 radical (unpaired) electrons. The van der Waals surface area contributed by atoms with Crippen molar-refractivity contribution in [2.75, 3.05) is 13.1 Å². The van der Waals surface area contributed by atoms with Crippen LogP contribution in [0.25, 0.3) is 21.7 Å². The maximum absolute atomic E-state index is 13.9. The van der Waals surface area contributed by atoms with E-state index in [0.717, 1.165) is 34.7 Å². The Morgan fingerprint density at radius 2 is 1.56 bits per heavy atom. The lowest BCUT2D eigenvalue weighted by molar-refractivity contribution is -0.133. The lowest BCUT2D eigenvalue weighted by atomic mass is 10.1. The van der Waals surface area contributed by atoms with Gasteiger partial charge in [-0.05, 0) is 53.9 Å². The van der Waals surface area contributed by atoms with Crippen LogP contribution in [0.1, 0.15) is 46.8 Å². The van der Waals surface area contributed by atoms with E-state index in [-0.39, 0.29) is 30.3 Å². The van der Waals surface area contributed by atoms with Crippen LogP contribution < -0.4 is 5.43 Å². The first kappa shape index (κ1) is 27.8. The summed E-state index contributed by atoms with van der Waals surface area (Å²) in [6.07, 6.45) is 3.11. The highest BCUT2D eigenvalue weighted by atomic mass is 16.3. The largest absolute Gasteiger partial charge is 0.464 e. The zero-order valence-electron chi connectivity index (χ0n) is 23.5. The van der Waals surface area contributed by atoms with E-state index in [4.69, 9.17) is 4.42 Å². The molecule has 6 heteroatoms. The number of unbranched alkanes of at least 4 members (excludes halogenated alkanes) is 1. The first-order valence-electron chi connectivity index (χ1n) is 14.0. The van der Waals surface area contributed by atoms with Gasteiger partial charge in [-0.3, -0.25) is 14.4 Å². The molecule has 5 rings (SSSR count). The van der Waals surface area contributed by atoms with Crippen LogP contribution in [-0.2, 0) is 17.9 Å². The average Bonchev–Trinajstić information content (AvgIpc) is 3.00. The normalized spacial score (nSPS) is 11.1. The van der Waals surface area contributed by atoms with Gasteiger partial charge >= 0.3 is 0 Å². The molecular weight excluding hydrogens is 512 g/mol. The Hall–Kier alpha value is -4.71. The molecule has 4 aromatic carbocycles. The topological polar surface area (TPSA) is 70.8 Å². The van der Waals surface area contributed by atoms with Crippen molar-refractivity contribution in [2.24, 2.45) is 0 Å². The molecule has 6 nitrogen and oxygen atoms in total. The van der Waals surface area contributed by atoms with Gasteiger partial charge in [-0.2, -0.15) is 0 Å². The van der Waals surface area contributed by atoms with Gasteiger partial charge in [0.1, 0.15) is 12.1 Å². The van der Waals surface area contributed by atoms with E-state index < -0.39 is 0 Å². The third-order valence-corrected chi connectivity index (χ3v) is 7.32. The summed E-state index contributed by atoms with van der Waals surface area (Å²) in [5.41, 5.74) is 3.19. The number of hydrogen-bond donors (Lipinski definition) is 0. The fourth-order valence-electron chi connectivity index (χ4n) is 5.01. The summed E-state index contributed by atoms with van der Waals surface area (Å²) in [7, 11) is 0. The fraction of sp³-hybridized carbons (Fsp3) is 0.229. The van der Waals surface area contributed by atoms with Gasteiger partial charge in [-0.1, -0.05) is 85.6 Å². The Morgan fingerprint density at radius 3 is 2.34 bits per heavy atom. The SMILES string of the molecule is CCCCN(CC(=O)N(Cc1ccccc1)Cc1coc2ccc(C)cc2c1=O)C(=O)c1ccc2ccccc2c1. The Kier molecular flexibility index (Phi) is 8.59. The van der Waals surface area contributed by atoms with Gasteiger partial charge in [-0.15, -0.1) is 0 Å². The van der Waals surface area contributed by atoms with Crippen LogP contribution in [0.5, 0.6) is 0 Å². The molecular formula is C35H34N2O4. The third-order valence-electron chi connectivity index (χ3n) is 7.32. The van der Waals surface area contributed by atoms with Crippen LogP contribution in [-0.4, -0.2) is 34.7 Å². The fourth-order valence-corrected chi connectivity index (χ4v) is 5.01. The second-order valence-electron chi connectivity index (χ2n) is 10.5. The minimum absolute atomic E-state index is 0.0751. The number of benzene rings is 4. The van der Waals surface area contributed by atoms with Gasteiger partial charge in [-0.25, -0.2) is 0 Å². The molecule has 1 heterocycles. The maximum Gasteiger partial charge on any atom is 0.254 e. The second-order valence-corrected chi connectivity index (χ2v) is 10.5. The zero-order chi connectivity index (χ0) is 28.8. The molecule has 0 atom stereocenters. The van der Waals surface area contributed by atoms with Crippen molar-refractivity contribution in [3.63, 3.8) is 0 Å². The van der Waals surface area contributed by atoms with Crippen molar-refractivity contribution in [1.82, 2.24) is 9.80 Å². The molecule has 0 aliphatic heterocycles.